The molecule has 0 saturated carbocycles. The van der Waals surface area contributed by atoms with Gasteiger partial charge in [0.05, 0.1) is 0 Å². The van der Waals surface area contributed by atoms with Crippen LogP contribution in [0.15, 0.2) is 54.1 Å². The van der Waals surface area contributed by atoms with Crippen molar-refractivity contribution in [1.29, 1.82) is 0 Å². The van der Waals surface area contributed by atoms with E-state index in [1.54, 1.807) is 0 Å². The first kappa shape index (κ1) is 23.2. The Hall–Kier alpha value is -2.01. The molecule has 4 rings (SSSR count). The van der Waals surface area contributed by atoms with Crippen molar-refractivity contribution in [3.8, 4) is 11.5 Å². The van der Waals surface area contributed by atoms with Gasteiger partial charge in [-0.05, 0) is 56.7 Å². The number of benzene rings is 2. The topological polar surface area (TPSA) is 33.7 Å². The van der Waals surface area contributed by atoms with Gasteiger partial charge in [-0.2, -0.15) is 0 Å². The predicted octanol–water partition coefficient (Wildman–Crippen LogP) is 6.67. The smallest absolute Gasteiger partial charge is 0.231 e. The van der Waals surface area contributed by atoms with Crippen LogP contribution in [0.1, 0.15) is 69.7 Å². The van der Waals surface area contributed by atoms with E-state index in [-0.39, 0.29) is 12.8 Å². The molecule has 0 spiro atoms. The van der Waals surface area contributed by atoms with Gasteiger partial charge in [-0.15, -0.1) is 0 Å². The number of hydrogen-bond donors (Lipinski definition) is 1. The number of rotatable bonds is 8. The SMILES string of the molecule is CCC(c1ccccc1)N1CCC(NC(CC=C(C)C)c2cc3c(cc2Cl)OCO3)CC1. The number of nitrogens with zero attached hydrogens (tertiary/aromatic N) is 1. The lowest BCUT2D eigenvalue weighted by Crippen LogP contribution is -2.44. The molecule has 2 aliphatic heterocycles. The first-order chi connectivity index (χ1) is 15.5. The lowest BCUT2D eigenvalue weighted by Gasteiger charge is -2.39. The molecule has 0 bridgehead atoms. The fraction of sp³-hybridized carbons (Fsp3) is 0.481. The maximum atomic E-state index is 6.68. The Balaban J connectivity index is 1.44. The van der Waals surface area contributed by atoms with Crippen molar-refractivity contribution >= 4 is 11.6 Å². The molecule has 0 aliphatic carbocycles. The summed E-state index contributed by atoms with van der Waals surface area (Å²) in [6.45, 7) is 9.06. The third-order valence-electron chi connectivity index (χ3n) is 6.61. The van der Waals surface area contributed by atoms with Crippen LogP contribution in [0.2, 0.25) is 5.02 Å². The van der Waals surface area contributed by atoms with E-state index in [0.29, 0.717) is 12.1 Å². The second-order valence-corrected chi connectivity index (χ2v) is 9.52. The summed E-state index contributed by atoms with van der Waals surface area (Å²) in [6.07, 6.45) is 6.60. The average molecular weight is 455 g/mol. The summed E-state index contributed by atoms with van der Waals surface area (Å²) in [6, 6.07) is 16.0. The zero-order valence-electron chi connectivity index (χ0n) is 19.4. The van der Waals surface area contributed by atoms with Gasteiger partial charge < -0.3 is 14.8 Å². The summed E-state index contributed by atoms with van der Waals surface area (Å²) in [5.41, 5.74) is 3.83. The van der Waals surface area contributed by atoms with Gasteiger partial charge in [-0.3, -0.25) is 4.90 Å². The maximum absolute atomic E-state index is 6.68. The molecule has 172 valence electrons. The minimum Gasteiger partial charge on any atom is -0.454 e. The number of piperidine rings is 1. The number of ether oxygens (including phenoxy) is 2. The van der Waals surface area contributed by atoms with E-state index >= 15 is 0 Å². The van der Waals surface area contributed by atoms with Gasteiger partial charge in [-0.1, -0.05) is 60.5 Å². The highest BCUT2D eigenvalue weighted by atomic mass is 35.5. The van der Waals surface area contributed by atoms with Crippen LogP contribution < -0.4 is 14.8 Å². The average Bonchev–Trinajstić information content (AvgIpc) is 3.25. The molecular weight excluding hydrogens is 420 g/mol. The van der Waals surface area contributed by atoms with Crippen molar-refractivity contribution < 1.29 is 9.47 Å². The summed E-state index contributed by atoms with van der Waals surface area (Å²) >= 11 is 6.68. The van der Waals surface area contributed by atoms with Gasteiger partial charge in [0.15, 0.2) is 11.5 Å². The lowest BCUT2D eigenvalue weighted by atomic mass is 9.95. The number of fused-ring (bicyclic) bond motifs is 1. The summed E-state index contributed by atoms with van der Waals surface area (Å²) < 4.78 is 11.1. The molecule has 5 heteroatoms. The third-order valence-corrected chi connectivity index (χ3v) is 6.93. The van der Waals surface area contributed by atoms with Crippen LogP contribution >= 0.6 is 11.6 Å². The summed E-state index contributed by atoms with van der Waals surface area (Å²) in [5, 5.41) is 4.66. The molecule has 2 unspecified atom stereocenters. The maximum Gasteiger partial charge on any atom is 0.231 e. The Morgan fingerprint density at radius 2 is 1.81 bits per heavy atom. The first-order valence-corrected chi connectivity index (χ1v) is 12.2. The van der Waals surface area contributed by atoms with Crippen LogP contribution in [0.5, 0.6) is 11.5 Å². The van der Waals surface area contributed by atoms with Gasteiger partial charge in [0.2, 0.25) is 6.79 Å². The molecule has 1 N–H and O–H groups in total. The highest BCUT2D eigenvalue weighted by molar-refractivity contribution is 6.31. The molecule has 0 amide bonds. The van der Waals surface area contributed by atoms with E-state index in [2.05, 4.69) is 73.5 Å². The lowest BCUT2D eigenvalue weighted by molar-refractivity contribution is 0.135. The molecule has 2 atom stereocenters. The second kappa shape index (κ2) is 10.7. The number of hydrogen-bond acceptors (Lipinski definition) is 4. The zero-order chi connectivity index (χ0) is 22.5. The standard InChI is InChI=1S/C27H35ClN2O2/c1-4-25(20-8-6-5-7-9-20)30-14-12-21(13-15-30)29-24(11-10-19(2)3)22-16-26-27(17-23(22)28)32-18-31-26/h5-10,16-17,21,24-25,29H,4,11-15,18H2,1-3H3. The van der Waals surface area contributed by atoms with Crippen molar-refractivity contribution in [2.75, 3.05) is 19.9 Å². The second-order valence-electron chi connectivity index (χ2n) is 9.11. The molecule has 2 aromatic carbocycles. The molecule has 2 aliphatic rings. The molecule has 2 heterocycles. The fourth-order valence-corrected chi connectivity index (χ4v) is 5.17. The fourth-order valence-electron chi connectivity index (χ4n) is 4.88. The van der Waals surface area contributed by atoms with Gasteiger partial charge in [0.25, 0.3) is 0 Å². The Morgan fingerprint density at radius 1 is 1.12 bits per heavy atom. The molecular formula is C27H35ClN2O2. The summed E-state index contributed by atoms with van der Waals surface area (Å²) in [5.74, 6) is 1.52. The van der Waals surface area contributed by atoms with E-state index in [1.165, 1.54) is 11.1 Å². The van der Waals surface area contributed by atoms with E-state index in [9.17, 15) is 0 Å². The minimum atomic E-state index is 0.152. The zero-order valence-corrected chi connectivity index (χ0v) is 20.2. The van der Waals surface area contributed by atoms with Crippen LogP contribution in [0.4, 0.5) is 0 Å². The van der Waals surface area contributed by atoms with Gasteiger partial charge in [0.1, 0.15) is 0 Å². The Bertz CT molecular complexity index is 919. The van der Waals surface area contributed by atoms with Crippen LogP contribution in [0.25, 0.3) is 0 Å². The van der Waals surface area contributed by atoms with E-state index in [4.69, 9.17) is 21.1 Å². The van der Waals surface area contributed by atoms with E-state index < -0.39 is 0 Å². The molecule has 32 heavy (non-hydrogen) atoms. The summed E-state index contributed by atoms with van der Waals surface area (Å²) in [7, 11) is 0. The van der Waals surface area contributed by atoms with Gasteiger partial charge >= 0.3 is 0 Å². The van der Waals surface area contributed by atoms with E-state index in [0.717, 1.165) is 60.9 Å². The van der Waals surface area contributed by atoms with Crippen LogP contribution in [0, 0.1) is 0 Å². The molecule has 2 aromatic rings. The molecule has 1 fully saturated rings. The largest absolute Gasteiger partial charge is 0.454 e. The van der Waals surface area contributed by atoms with Crippen molar-refractivity contribution in [3.05, 3.63) is 70.3 Å². The first-order valence-electron chi connectivity index (χ1n) is 11.8. The molecule has 4 nitrogen and oxygen atoms in total. The van der Waals surface area contributed by atoms with Crippen LogP contribution in [0.3, 0.4) is 0 Å². The van der Waals surface area contributed by atoms with Gasteiger partial charge in [0, 0.05) is 42.3 Å². The molecule has 0 aromatic heterocycles. The van der Waals surface area contributed by atoms with Crippen LogP contribution in [-0.4, -0.2) is 30.8 Å². The Kier molecular flexibility index (Phi) is 7.77. The number of likely N-dealkylation sites (tertiary alicyclic amines) is 1. The third kappa shape index (κ3) is 5.48. The highest BCUT2D eigenvalue weighted by Crippen LogP contribution is 2.40. The Morgan fingerprint density at radius 3 is 2.47 bits per heavy atom. The number of nitrogens with one attached hydrogen (secondary N) is 1. The minimum absolute atomic E-state index is 0.152. The number of halogens is 1. The monoisotopic (exact) mass is 454 g/mol. The van der Waals surface area contributed by atoms with Crippen molar-refractivity contribution in [1.82, 2.24) is 10.2 Å². The number of allylic oxidation sites excluding steroid dienone is 1. The van der Waals surface area contributed by atoms with Crippen molar-refractivity contribution in [2.24, 2.45) is 0 Å². The summed E-state index contributed by atoms with van der Waals surface area (Å²) in [4.78, 5) is 2.65. The molecule has 1 saturated heterocycles. The Labute approximate surface area is 197 Å². The molecule has 0 radical (unpaired) electrons. The van der Waals surface area contributed by atoms with Gasteiger partial charge in [-0.25, -0.2) is 0 Å². The van der Waals surface area contributed by atoms with Crippen molar-refractivity contribution in [2.45, 2.75) is 64.6 Å². The van der Waals surface area contributed by atoms with E-state index in [1.807, 2.05) is 6.07 Å². The highest BCUT2D eigenvalue weighted by Gasteiger charge is 2.28. The van der Waals surface area contributed by atoms with Crippen molar-refractivity contribution in [3.63, 3.8) is 0 Å². The van der Waals surface area contributed by atoms with Crippen LogP contribution in [-0.2, 0) is 0 Å². The predicted molar refractivity (Wildman–Crippen MR) is 132 cm³/mol. The quantitative estimate of drug-likeness (QED) is 0.451. The normalized spacial score (nSPS) is 18.4.